The summed E-state index contributed by atoms with van der Waals surface area (Å²) in [7, 11) is 0. The van der Waals surface area contributed by atoms with Crippen LogP contribution in [0.1, 0.15) is 36.0 Å². The van der Waals surface area contributed by atoms with Gasteiger partial charge in [0.2, 0.25) is 0 Å². The molecule has 0 bridgehead atoms. The second-order valence-corrected chi connectivity index (χ2v) is 8.55. The maximum atomic E-state index is 13.3. The number of halogens is 3. The standard InChI is InChI=1S/C24H20F3N3O3S/c25-24(26,27)18-8-3-1-6-16(18)22(32)29-11-13-30(14-12-29)23(33)17-7-2-4-9-19(17)28-21(31)20-10-5-15-34-20/h1-10,15H,11-14H2,(H,28,31). The molecule has 10 heteroatoms. The molecule has 0 radical (unpaired) electrons. The number of thiophene rings is 1. The second-order valence-electron chi connectivity index (χ2n) is 7.60. The normalized spacial score (nSPS) is 14.1. The van der Waals surface area contributed by atoms with E-state index in [9.17, 15) is 27.6 Å². The van der Waals surface area contributed by atoms with Crippen LogP contribution in [0.5, 0.6) is 0 Å². The lowest BCUT2D eigenvalue weighted by Crippen LogP contribution is -2.51. The Morgan fingerprint density at radius 2 is 1.32 bits per heavy atom. The lowest BCUT2D eigenvalue weighted by molar-refractivity contribution is -0.138. The molecule has 0 atom stereocenters. The Morgan fingerprint density at radius 3 is 1.91 bits per heavy atom. The third kappa shape index (κ3) is 4.96. The molecule has 2 aromatic carbocycles. The van der Waals surface area contributed by atoms with E-state index in [0.717, 1.165) is 12.1 Å². The zero-order chi connectivity index (χ0) is 24.3. The molecule has 0 unspecified atom stereocenters. The molecule has 34 heavy (non-hydrogen) atoms. The SMILES string of the molecule is O=C(Nc1ccccc1C(=O)N1CCN(C(=O)c2ccccc2C(F)(F)F)CC1)c1cccs1. The van der Waals surface area contributed by atoms with Crippen molar-refractivity contribution in [3.8, 4) is 0 Å². The van der Waals surface area contributed by atoms with Crippen molar-refractivity contribution in [1.82, 2.24) is 9.80 Å². The van der Waals surface area contributed by atoms with Crippen LogP contribution < -0.4 is 5.32 Å². The third-order valence-electron chi connectivity index (χ3n) is 5.47. The number of rotatable bonds is 4. The van der Waals surface area contributed by atoms with Crippen molar-refractivity contribution in [3.63, 3.8) is 0 Å². The fourth-order valence-electron chi connectivity index (χ4n) is 3.74. The quantitative estimate of drug-likeness (QED) is 0.584. The van der Waals surface area contributed by atoms with Gasteiger partial charge in [0, 0.05) is 26.2 Å². The van der Waals surface area contributed by atoms with Crippen LogP contribution in [-0.2, 0) is 6.18 Å². The van der Waals surface area contributed by atoms with Crippen LogP contribution in [0.3, 0.4) is 0 Å². The zero-order valence-corrected chi connectivity index (χ0v) is 18.7. The van der Waals surface area contributed by atoms with Crippen molar-refractivity contribution in [1.29, 1.82) is 0 Å². The van der Waals surface area contributed by atoms with E-state index >= 15 is 0 Å². The summed E-state index contributed by atoms with van der Waals surface area (Å²) in [6.07, 6.45) is -4.64. The molecular weight excluding hydrogens is 467 g/mol. The monoisotopic (exact) mass is 487 g/mol. The maximum absolute atomic E-state index is 13.3. The minimum absolute atomic E-state index is 0.0977. The van der Waals surface area contributed by atoms with Gasteiger partial charge in [-0.05, 0) is 35.7 Å². The number of carbonyl (C=O) groups excluding carboxylic acids is 3. The van der Waals surface area contributed by atoms with Crippen LogP contribution in [0.15, 0.2) is 66.0 Å². The van der Waals surface area contributed by atoms with Crippen molar-refractivity contribution in [2.24, 2.45) is 0 Å². The molecule has 0 saturated carbocycles. The van der Waals surface area contributed by atoms with Crippen LogP contribution >= 0.6 is 11.3 Å². The van der Waals surface area contributed by atoms with Gasteiger partial charge in [-0.1, -0.05) is 30.3 Å². The van der Waals surface area contributed by atoms with E-state index < -0.39 is 23.2 Å². The molecule has 0 spiro atoms. The highest BCUT2D eigenvalue weighted by Gasteiger charge is 2.36. The Kier molecular flexibility index (Phi) is 6.69. The largest absolute Gasteiger partial charge is 0.417 e. The minimum atomic E-state index is -4.64. The Bertz CT molecular complexity index is 1200. The molecule has 1 aliphatic rings. The predicted octanol–water partition coefficient (Wildman–Crippen LogP) is 4.62. The average molecular weight is 488 g/mol. The molecule has 0 aliphatic carbocycles. The summed E-state index contributed by atoms with van der Waals surface area (Å²) in [6, 6.07) is 14.7. The molecule has 1 aromatic heterocycles. The van der Waals surface area contributed by atoms with Crippen molar-refractivity contribution in [3.05, 3.63) is 87.6 Å². The van der Waals surface area contributed by atoms with E-state index in [-0.39, 0.29) is 38.0 Å². The van der Waals surface area contributed by atoms with Gasteiger partial charge < -0.3 is 15.1 Å². The minimum Gasteiger partial charge on any atom is -0.335 e. The molecule has 1 aliphatic heterocycles. The topological polar surface area (TPSA) is 69.7 Å². The van der Waals surface area contributed by atoms with Gasteiger partial charge in [0.15, 0.2) is 0 Å². The fourth-order valence-corrected chi connectivity index (χ4v) is 4.36. The molecule has 4 rings (SSSR count). The van der Waals surface area contributed by atoms with E-state index in [4.69, 9.17) is 0 Å². The third-order valence-corrected chi connectivity index (χ3v) is 6.34. The van der Waals surface area contributed by atoms with Gasteiger partial charge in [0.25, 0.3) is 17.7 Å². The summed E-state index contributed by atoms with van der Waals surface area (Å²) in [5, 5.41) is 4.53. The number of alkyl halides is 3. The van der Waals surface area contributed by atoms with Crippen molar-refractivity contribution >= 4 is 34.7 Å². The molecule has 6 nitrogen and oxygen atoms in total. The number of hydrogen-bond acceptors (Lipinski definition) is 4. The Labute approximate surface area is 197 Å². The Balaban J connectivity index is 1.44. The molecule has 176 valence electrons. The first-order valence-electron chi connectivity index (χ1n) is 10.4. The molecule has 1 saturated heterocycles. The van der Waals surface area contributed by atoms with Gasteiger partial charge in [0.05, 0.1) is 27.3 Å². The first-order valence-corrected chi connectivity index (χ1v) is 11.3. The van der Waals surface area contributed by atoms with Crippen molar-refractivity contribution in [2.75, 3.05) is 31.5 Å². The zero-order valence-electron chi connectivity index (χ0n) is 17.8. The molecule has 3 aromatic rings. The van der Waals surface area contributed by atoms with Gasteiger partial charge in [-0.15, -0.1) is 11.3 Å². The molecule has 2 heterocycles. The summed E-state index contributed by atoms with van der Waals surface area (Å²) in [4.78, 5) is 41.7. The summed E-state index contributed by atoms with van der Waals surface area (Å²) in [6.45, 7) is 0.513. The highest BCUT2D eigenvalue weighted by atomic mass is 32.1. The number of nitrogens with zero attached hydrogens (tertiary/aromatic N) is 2. The highest BCUT2D eigenvalue weighted by Crippen LogP contribution is 2.32. The maximum Gasteiger partial charge on any atom is 0.417 e. The molecule has 3 amide bonds. The number of benzene rings is 2. The van der Waals surface area contributed by atoms with Crippen LogP contribution in [0.25, 0.3) is 0 Å². The predicted molar refractivity (Wildman–Crippen MR) is 122 cm³/mol. The van der Waals surface area contributed by atoms with Crippen LogP contribution in [0.4, 0.5) is 18.9 Å². The fraction of sp³-hybridized carbons (Fsp3) is 0.208. The summed E-state index contributed by atoms with van der Waals surface area (Å²) in [5.41, 5.74) is -0.719. The first-order chi connectivity index (χ1) is 16.3. The van der Waals surface area contributed by atoms with Gasteiger partial charge in [0.1, 0.15) is 0 Å². The first kappa shape index (κ1) is 23.5. The number of amides is 3. The molecule has 1 fully saturated rings. The second kappa shape index (κ2) is 9.68. The van der Waals surface area contributed by atoms with Crippen molar-refractivity contribution in [2.45, 2.75) is 6.18 Å². The van der Waals surface area contributed by atoms with Gasteiger partial charge >= 0.3 is 6.18 Å². The number of para-hydroxylation sites is 1. The lowest BCUT2D eigenvalue weighted by atomic mass is 10.1. The van der Waals surface area contributed by atoms with E-state index in [2.05, 4.69) is 5.32 Å². The van der Waals surface area contributed by atoms with E-state index in [1.807, 2.05) is 0 Å². The average Bonchev–Trinajstić information content (AvgIpc) is 3.38. The summed E-state index contributed by atoms with van der Waals surface area (Å²) < 4.78 is 39.9. The van der Waals surface area contributed by atoms with Crippen LogP contribution in [0, 0.1) is 0 Å². The van der Waals surface area contributed by atoms with Crippen molar-refractivity contribution < 1.29 is 27.6 Å². The Morgan fingerprint density at radius 1 is 0.765 bits per heavy atom. The molecule has 1 N–H and O–H groups in total. The number of anilines is 1. The number of nitrogens with one attached hydrogen (secondary N) is 1. The number of hydrogen-bond donors (Lipinski definition) is 1. The van der Waals surface area contributed by atoms with Crippen LogP contribution in [-0.4, -0.2) is 53.7 Å². The number of piperazine rings is 1. The smallest absolute Gasteiger partial charge is 0.335 e. The van der Waals surface area contributed by atoms with E-state index in [1.54, 1.807) is 41.8 Å². The summed E-state index contributed by atoms with van der Waals surface area (Å²) >= 11 is 1.28. The number of carbonyl (C=O) groups is 3. The van der Waals surface area contributed by atoms with E-state index in [0.29, 0.717) is 16.1 Å². The van der Waals surface area contributed by atoms with Gasteiger partial charge in [-0.25, -0.2) is 0 Å². The van der Waals surface area contributed by atoms with Crippen LogP contribution in [0.2, 0.25) is 0 Å². The van der Waals surface area contributed by atoms with Gasteiger partial charge in [-0.3, -0.25) is 14.4 Å². The van der Waals surface area contributed by atoms with Gasteiger partial charge in [-0.2, -0.15) is 13.2 Å². The molecular formula is C24H20F3N3O3S. The Hall–Kier alpha value is -3.66. The lowest BCUT2D eigenvalue weighted by Gasteiger charge is -2.35. The highest BCUT2D eigenvalue weighted by molar-refractivity contribution is 7.12. The van der Waals surface area contributed by atoms with E-state index in [1.165, 1.54) is 33.3 Å². The summed E-state index contributed by atoms with van der Waals surface area (Å²) in [5.74, 6) is -1.37.